The maximum Gasteiger partial charge on any atom is 0.0580 e. The summed E-state index contributed by atoms with van der Waals surface area (Å²) < 4.78 is 0. The molecule has 0 aromatic carbocycles. The van der Waals surface area contributed by atoms with Crippen LogP contribution in [0.4, 0.5) is 0 Å². The summed E-state index contributed by atoms with van der Waals surface area (Å²) in [6.07, 6.45) is 7.44. The van der Waals surface area contributed by atoms with Gasteiger partial charge in [-0.2, -0.15) is 0 Å². The molecular formula is C5H6N. The van der Waals surface area contributed by atoms with E-state index in [0.29, 0.717) is 0 Å². The topological polar surface area (TPSA) is 23.8 Å². The first-order valence-electron chi connectivity index (χ1n) is 1.96. The smallest absolute Gasteiger partial charge is 0.0580 e. The molecular weight excluding hydrogens is 74.1 g/mol. The molecule has 0 saturated carbocycles. The molecule has 1 heteroatoms. The normalized spacial score (nSPS) is 20.2. The van der Waals surface area contributed by atoms with E-state index in [4.69, 9.17) is 5.73 Å². The van der Waals surface area contributed by atoms with E-state index in [1.54, 1.807) is 0 Å². The highest BCUT2D eigenvalue weighted by Gasteiger charge is 1.91. The van der Waals surface area contributed by atoms with Crippen molar-refractivity contribution >= 4 is 0 Å². The Kier molecular flexibility index (Phi) is 0.765. The van der Waals surface area contributed by atoms with Gasteiger partial charge in [-0.15, -0.1) is 0 Å². The third-order valence-corrected chi connectivity index (χ3v) is 0.748. The average molecular weight is 80.1 g/mol. The zero-order valence-corrected chi connectivity index (χ0v) is 3.39. The summed E-state index contributed by atoms with van der Waals surface area (Å²) in [6, 6.07) is -0.0648. The summed E-state index contributed by atoms with van der Waals surface area (Å²) in [5.74, 6) is 0. The molecule has 0 unspecified atom stereocenters. The Morgan fingerprint density at radius 2 is 1.67 bits per heavy atom. The minimum absolute atomic E-state index is 0.0648. The lowest BCUT2D eigenvalue weighted by Crippen LogP contribution is -1.93. The molecule has 0 atom stereocenters. The molecule has 1 radical (unpaired) electrons. The van der Waals surface area contributed by atoms with Crippen LogP contribution in [0.15, 0.2) is 24.3 Å². The fourth-order valence-electron chi connectivity index (χ4n) is 0.432. The van der Waals surface area contributed by atoms with Crippen molar-refractivity contribution in [1.82, 2.24) is 5.73 Å². The molecule has 1 aliphatic carbocycles. The van der Waals surface area contributed by atoms with Crippen LogP contribution in [0.5, 0.6) is 0 Å². The Labute approximate surface area is 37.2 Å². The summed E-state index contributed by atoms with van der Waals surface area (Å²) in [5.41, 5.74) is 6.96. The first-order chi connectivity index (χ1) is 2.89. The number of hydrogen-bond acceptors (Lipinski definition) is 0. The highest BCUT2D eigenvalue weighted by atomic mass is 14.6. The lowest BCUT2D eigenvalue weighted by Gasteiger charge is -1.83. The van der Waals surface area contributed by atoms with Crippen LogP contribution in [0, 0.1) is 0 Å². The van der Waals surface area contributed by atoms with E-state index in [0.717, 1.165) is 0 Å². The van der Waals surface area contributed by atoms with E-state index in [1.165, 1.54) is 0 Å². The van der Waals surface area contributed by atoms with Crippen molar-refractivity contribution in [2.24, 2.45) is 0 Å². The van der Waals surface area contributed by atoms with Crippen LogP contribution in [-0.4, -0.2) is 6.04 Å². The Bertz CT molecular complexity index is 80.1. The molecule has 0 amide bonds. The van der Waals surface area contributed by atoms with Crippen LogP contribution >= 0.6 is 0 Å². The van der Waals surface area contributed by atoms with Gasteiger partial charge in [-0.3, -0.25) is 0 Å². The van der Waals surface area contributed by atoms with Gasteiger partial charge in [0.25, 0.3) is 0 Å². The van der Waals surface area contributed by atoms with Gasteiger partial charge in [0.2, 0.25) is 0 Å². The average Bonchev–Trinajstić information content (AvgIpc) is 1.86. The van der Waals surface area contributed by atoms with Crippen LogP contribution < -0.4 is 5.73 Å². The van der Waals surface area contributed by atoms with Crippen LogP contribution in [0.3, 0.4) is 0 Å². The second-order valence-corrected chi connectivity index (χ2v) is 1.30. The maximum absolute atomic E-state index is 6.96. The van der Waals surface area contributed by atoms with E-state index >= 15 is 0 Å². The molecule has 0 aromatic heterocycles. The summed E-state index contributed by atoms with van der Waals surface area (Å²) >= 11 is 0. The second kappa shape index (κ2) is 1.27. The maximum atomic E-state index is 6.96. The SMILES string of the molecule is [NH]C1C=CC=C1. The highest BCUT2D eigenvalue weighted by molar-refractivity contribution is 5.19. The predicted molar refractivity (Wildman–Crippen MR) is 25.2 cm³/mol. The molecule has 0 fully saturated rings. The molecule has 6 heavy (non-hydrogen) atoms. The monoisotopic (exact) mass is 80.1 g/mol. The molecule has 0 saturated heterocycles. The molecule has 1 aliphatic rings. The minimum atomic E-state index is -0.0648. The zero-order valence-electron chi connectivity index (χ0n) is 3.39. The standard InChI is InChI=1S/C5H6N/c6-5-3-1-2-4-5/h1-6H. The van der Waals surface area contributed by atoms with Gasteiger partial charge in [0, 0.05) is 0 Å². The van der Waals surface area contributed by atoms with Gasteiger partial charge in [0.05, 0.1) is 6.04 Å². The summed E-state index contributed by atoms with van der Waals surface area (Å²) in [6.45, 7) is 0. The van der Waals surface area contributed by atoms with Crippen molar-refractivity contribution in [2.75, 3.05) is 0 Å². The molecule has 1 N–H and O–H groups in total. The van der Waals surface area contributed by atoms with Gasteiger partial charge < -0.3 is 0 Å². The molecule has 0 spiro atoms. The number of hydrogen-bond donors (Lipinski definition) is 0. The molecule has 0 aromatic rings. The van der Waals surface area contributed by atoms with Crippen LogP contribution in [0.1, 0.15) is 0 Å². The lowest BCUT2D eigenvalue weighted by atomic mass is 10.4. The van der Waals surface area contributed by atoms with Gasteiger partial charge in [0.15, 0.2) is 0 Å². The van der Waals surface area contributed by atoms with Crippen LogP contribution in [0.25, 0.3) is 0 Å². The van der Waals surface area contributed by atoms with Crippen molar-refractivity contribution in [2.45, 2.75) is 6.04 Å². The first-order valence-corrected chi connectivity index (χ1v) is 1.96. The lowest BCUT2D eigenvalue weighted by molar-refractivity contribution is 1.00. The summed E-state index contributed by atoms with van der Waals surface area (Å²) in [5, 5.41) is 0. The van der Waals surface area contributed by atoms with Gasteiger partial charge in [-0.1, -0.05) is 24.3 Å². The van der Waals surface area contributed by atoms with Gasteiger partial charge >= 0.3 is 0 Å². The number of rotatable bonds is 0. The van der Waals surface area contributed by atoms with Gasteiger partial charge in [-0.25, -0.2) is 5.73 Å². The van der Waals surface area contributed by atoms with Crippen molar-refractivity contribution in [3.8, 4) is 0 Å². The van der Waals surface area contributed by atoms with Gasteiger partial charge in [-0.05, 0) is 0 Å². The molecule has 31 valence electrons. The van der Waals surface area contributed by atoms with E-state index in [2.05, 4.69) is 0 Å². The quantitative estimate of drug-likeness (QED) is 0.410. The van der Waals surface area contributed by atoms with E-state index in [9.17, 15) is 0 Å². The van der Waals surface area contributed by atoms with E-state index in [1.807, 2.05) is 24.3 Å². The molecule has 1 rings (SSSR count). The Morgan fingerprint density at radius 1 is 1.17 bits per heavy atom. The summed E-state index contributed by atoms with van der Waals surface area (Å²) in [7, 11) is 0. The number of allylic oxidation sites excluding steroid dienone is 2. The zero-order chi connectivity index (χ0) is 4.41. The highest BCUT2D eigenvalue weighted by Crippen LogP contribution is 1.95. The Morgan fingerprint density at radius 3 is 1.83 bits per heavy atom. The second-order valence-electron chi connectivity index (χ2n) is 1.30. The van der Waals surface area contributed by atoms with Crippen molar-refractivity contribution < 1.29 is 0 Å². The minimum Gasteiger partial charge on any atom is -0.246 e. The molecule has 0 bridgehead atoms. The predicted octanol–water partition coefficient (Wildman–Crippen LogP) is 0.764. The fourth-order valence-corrected chi connectivity index (χ4v) is 0.432. The van der Waals surface area contributed by atoms with Crippen LogP contribution in [-0.2, 0) is 0 Å². The number of nitrogens with one attached hydrogen (secondary N) is 1. The third-order valence-electron chi connectivity index (χ3n) is 0.748. The summed E-state index contributed by atoms with van der Waals surface area (Å²) in [4.78, 5) is 0. The fraction of sp³-hybridized carbons (Fsp3) is 0.200. The Hall–Kier alpha value is -0.560. The first kappa shape index (κ1) is 3.62. The van der Waals surface area contributed by atoms with Gasteiger partial charge in [0.1, 0.15) is 0 Å². The largest absolute Gasteiger partial charge is 0.246 e. The van der Waals surface area contributed by atoms with Crippen molar-refractivity contribution in [1.29, 1.82) is 0 Å². The molecule has 1 nitrogen and oxygen atoms in total. The van der Waals surface area contributed by atoms with Crippen molar-refractivity contribution in [3.05, 3.63) is 24.3 Å². The van der Waals surface area contributed by atoms with E-state index < -0.39 is 0 Å². The Balaban J connectivity index is 2.60. The van der Waals surface area contributed by atoms with Crippen LogP contribution in [0.2, 0.25) is 0 Å². The van der Waals surface area contributed by atoms with E-state index in [-0.39, 0.29) is 6.04 Å². The van der Waals surface area contributed by atoms with Crippen molar-refractivity contribution in [3.63, 3.8) is 0 Å². The third kappa shape index (κ3) is 0.494. The molecule has 0 aliphatic heterocycles. The molecule has 0 heterocycles.